The van der Waals surface area contributed by atoms with Crippen molar-refractivity contribution in [1.82, 2.24) is 4.98 Å². The van der Waals surface area contributed by atoms with Gasteiger partial charge in [-0.15, -0.1) is 0 Å². The number of pyridine rings is 1. The Hall–Kier alpha value is -1.06. The van der Waals surface area contributed by atoms with Gasteiger partial charge in [0.25, 0.3) is 0 Å². The number of nitrogens with one attached hydrogen (secondary N) is 1. The lowest BCUT2D eigenvalue weighted by atomic mass is 10.1. The van der Waals surface area contributed by atoms with E-state index in [4.69, 9.17) is 11.6 Å². The van der Waals surface area contributed by atoms with Gasteiger partial charge in [-0.3, -0.25) is 0 Å². The normalized spacial score (nSPS) is 12.2. The molecule has 100 valence electrons. The fourth-order valence-corrected chi connectivity index (χ4v) is 2.54. The van der Waals surface area contributed by atoms with Crippen molar-refractivity contribution in [3.63, 3.8) is 0 Å². The number of benzene rings is 1. The molecule has 4 heteroatoms. The average Bonchev–Trinajstić information content (AvgIpc) is 2.42. The average molecular weight is 340 g/mol. The number of hydrogen-bond acceptors (Lipinski definition) is 2. The van der Waals surface area contributed by atoms with Gasteiger partial charge < -0.3 is 5.32 Å². The van der Waals surface area contributed by atoms with E-state index < -0.39 is 0 Å². The second-order valence-electron chi connectivity index (χ2n) is 4.45. The van der Waals surface area contributed by atoms with Crippen molar-refractivity contribution in [2.75, 3.05) is 5.32 Å². The summed E-state index contributed by atoms with van der Waals surface area (Å²) in [5.41, 5.74) is 2.56. The third-order valence-corrected chi connectivity index (χ3v) is 3.77. The lowest BCUT2D eigenvalue weighted by Gasteiger charge is -2.16. The van der Waals surface area contributed by atoms with E-state index in [1.54, 1.807) is 6.20 Å². The van der Waals surface area contributed by atoms with Gasteiger partial charge in [0, 0.05) is 16.7 Å². The molecule has 2 aromatic rings. The highest BCUT2D eigenvalue weighted by Gasteiger charge is 2.09. The highest BCUT2D eigenvalue weighted by atomic mass is 79.9. The molecule has 0 saturated heterocycles. The van der Waals surface area contributed by atoms with Crippen molar-refractivity contribution >= 4 is 33.3 Å². The third-order valence-electron chi connectivity index (χ3n) is 3.05. The first kappa shape index (κ1) is 14.4. The van der Waals surface area contributed by atoms with Crippen LogP contribution in [0.2, 0.25) is 5.02 Å². The van der Waals surface area contributed by atoms with Crippen LogP contribution in [0.5, 0.6) is 0 Å². The SMILES string of the molecule is CCc1ccc(C(C)Nc2ncc(Br)cc2Cl)cc1. The minimum absolute atomic E-state index is 0.164. The summed E-state index contributed by atoms with van der Waals surface area (Å²) in [6.07, 6.45) is 2.79. The molecule has 1 atom stereocenters. The Morgan fingerprint density at radius 3 is 2.58 bits per heavy atom. The van der Waals surface area contributed by atoms with Crippen LogP contribution in [0.4, 0.5) is 5.82 Å². The molecule has 0 saturated carbocycles. The predicted molar refractivity (Wildman–Crippen MR) is 84.8 cm³/mol. The summed E-state index contributed by atoms with van der Waals surface area (Å²) in [6.45, 7) is 4.25. The van der Waals surface area contributed by atoms with Crippen LogP contribution in [0.25, 0.3) is 0 Å². The van der Waals surface area contributed by atoms with Gasteiger partial charge in [-0.05, 0) is 46.5 Å². The van der Waals surface area contributed by atoms with Gasteiger partial charge in [-0.1, -0.05) is 42.8 Å². The quantitative estimate of drug-likeness (QED) is 0.824. The number of nitrogens with zero attached hydrogens (tertiary/aromatic N) is 1. The highest BCUT2D eigenvalue weighted by Crippen LogP contribution is 2.26. The van der Waals surface area contributed by atoms with E-state index in [9.17, 15) is 0 Å². The molecule has 2 nitrogen and oxygen atoms in total. The first-order chi connectivity index (χ1) is 9.10. The Bertz CT molecular complexity index is 555. The molecule has 0 aliphatic carbocycles. The smallest absolute Gasteiger partial charge is 0.145 e. The summed E-state index contributed by atoms with van der Waals surface area (Å²) in [6, 6.07) is 10.6. The van der Waals surface area contributed by atoms with E-state index in [0.717, 1.165) is 10.9 Å². The Kier molecular flexibility index (Phi) is 4.83. The first-order valence-corrected chi connectivity index (χ1v) is 7.43. The molecule has 19 heavy (non-hydrogen) atoms. The predicted octanol–water partition coefficient (Wildman–Crippen LogP) is 5.23. The molecule has 1 aromatic carbocycles. The standard InChI is InChI=1S/C15H16BrClN2/c1-3-11-4-6-12(7-5-11)10(2)19-15-14(17)8-13(16)9-18-15/h4-10H,3H2,1-2H3,(H,18,19). The zero-order valence-electron chi connectivity index (χ0n) is 11.0. The van der Waals surface area contributed by atoms with Crippen LogP contribution in [0, 0.1) is 0 Å². The maximum absolute atomic E-state index is 6.15. The summed E-state index contributed by atoms with van der Waals surface area (Å²) in [7, 11) is 0. The molecule has 2 rings (SSSR count). The fraction of sp³-hybridized carbons (Fsp3) is 0.267. The molecule has 0 spiro atoms. The molecule has 1 N–H and O–H groups in total. The number of halogens is 2. The molecular weight excluding hydrogens is 324 g/mol. The van der Waals surface area contributed by atoms with Gasteiger partial charge in [0.15, 0.2) is 0 Å². The van der Waals surface area contributed by atoms with E-state index in [1.165, 1.54) is 11.1 Å². The van der Waals surface area contributed by atoms with E-state index in [-0.39, 0.29) is 6.04 Å². The van der Waals surface area contributed by atoms with E-state index in [2.05, 4.69) is 64.3 Å². The van der Waals surface area contributed by atoms with Gasteiger partial charge in [0.1, 0.15) is 5.82 Å². The maximum atomic E-state index is 6.15. The van der Waals surface area contributed by atoms with Gasteiger partial charge in [0.2, 0.25) is 0 Å². The van der Waals surface area contributed by atoms with Gasteiger partial charge in [-0.25, -0.2) is 4.98 Å². The first-order valence-electron chi connectivity index (χ1n) is 6.26. The van der Waals surface area contributed by atoms with Gasteiger partial charge in [-0.2, -0.15) is 0 Å². The van der Waals surface area contributed by atoms with Crippen LogP contribution >= 0.6 is 27.5 Å². The van der Waals surface area contributed by atoms with Crippen LogP contribution in [-0.2, 0) is 6.42 Å². The molecule has 1 aromatic heterocycles. The number of aromatic nitrogens is 1. The van der Waals surface area contributed by atoms with Crippen molar-refractivity contribution in [2.45, 2.75) is 26.3 Å². The van der Waals surface area contributed by atoms with Crippen LogP contribution in [0.1, 0.15) is 31.0 Å². The van der Waals surface area contributed by atoms with Crippen molar-refractivity contribution in [3.05, 3.63) is 57.2 Å². The molecular formula is C15H16BrClN2. The van der Waals surface area contributed by atoms with E-state index in [0.29, 0.717) is 10.8 Å². The van der Waals surface area contributed by atoms with Crippen LogP contribution < -0.4 is 5.32 Å². The summed E-state index contributed by atoms with van der Waals surface area (Å²) in [5, 5.41) is 3.94. The van der Waals surface area contributed by atoms with E-state index in [1.807, 2.05) is 6.07 Å². The number of aryl methyl sites for hydroxylation is 1. The second kappa shape index (κ2) is 6.40. The van der Waals surface area contributed by atoms with Gasteiger partial charge in [0.05, 0.1) is 5.02 Å². The van der Waals surface area contributed by atoms with Crippen LogP contribution in [-0.4, -0.2) is 4.98 Å². The molecule has 0 amide bonds. The molecule has 0 aliphatic heterocycles. The zero-order valence-corrected chi connectivity index (χ0v) is 13.3. The maximum Gasteiger partial charge on any atom is 0.145 e. The lowest BCUT2D eigenvalue weighted by Crippen LogP contribution is -2.08. The fourth-order valence-electron chi connectivity index (χ4n) is 1.85. The third kappa shape index (κ3) is 3.71. The lowest BCUT2D eigenvalue weighted by molar-refractivity contribution is 0.872. The molecule has 0 radical (unpaired) electrons. The topological polar surface area (TPSA) is 24.9 Å². The Labute approximate surface area is 127 Å². The summed E-state index contributed by atoms with van der Waals surface area (Å²) >= 11 is 9.50. The number of hydrogen-bond donors (Lipinski definition) is 1. The summed E-state index contributed by atoms with van der Waals surface area (Å²) in [5.74, 6) is 0.705. The van der Waals surface area contributed by atoms with Crippen molar-refractivity contribution < 1.29 is 0 Å². The van der Waals surface area contributed by atoms with Gasteiger partial charge >= 0.3 is 0 Å². The molecule has 0 bridgehead atoms. The summed E-state index contributed by atoms with van der Waals surface area (Å²) in [4.78, 5) is 4.29. The molecule has 0 aliphatic rings. The minimum Gasteiger partial charge on any atom is -0.362 e. The summed E-state index contributed by atoms with van der Waals surface area (Å²) < 4.78 is 0.878. The van der Waals surface area contributed by atoms with E-state index >= 15 is 0 Å². The monoisotopic (exact) mass is 338 g/mol. The molecule has 1 heterocycles. The Balaban J connectivity index is 2.13. The zero-order chi connectivity index (χ0) is 13.8. The highest BCUT2D eigenvalue weighted by molar-refractivity contribution is 9.10. The largest absolute Gasteiger partial charge is 0.362 e. The Morgan fingerprint density at radius 1 is 1.32 bits per heavy atom. The van der Waals surface area contributed by atoms with Crippen molar-refractivity contribution in [3.8, 4) is 0 Å². The van der Waals surface area contributed by atoms with Crippen molar-refractivity contribution in [1.29, 1.82) is 0 Å². The Morgan fingerprint density at radius 2 is 2.00 bits per heavy atom. The van der Waals surface area contributed by atoms with Crippen molar-refractivity contribution in [2.24, 2.45) is 0 Å². The molecule has 0 fully saturated rings. The second-order valence-corrected chi connectivity index (χ2v) is 5.77. The number of rotatable bonds is 4. The number of anilines is 1. The van der Waals surface area contributed by atoms with Crippen LogP contribution in [0.15, 0.2) is 41.0 Å². The minimum atomic E-state index is 0.164. The van der Waals surface area contributed by atoms with Crippen LogP contribution in [0.3, 0.4) is 0 Å². The molecule has 1 unspecified atom stereocenters.